The molecule has 2 heterocycles. The monoisotopic (exact) mass is 469 g/mol. The molecule has 1 aliphatic rings. The first-order valence-electron chi connectivity index (χ1n) is 9.58. The van der Waals surface area contributed by atoms with Gasteiger partial charge >= 0.3 is 6.18 Å². The highest BCUT2D eigenvalue weighted by atomic mass is 35.5. The summed E-state index contributed by atoms with van der Waals surface area (Å²) in [6.07, 6.45) is -6.36. The number of aliphatic imine (C=N–C) groups is 1. The van der Waals surface area contributed by atoms with Crippen molar-refractivity contribution in [1.29, 1.82) is 0 Å². The SMILES string of the molecule is NC1=N[C@](CF)(c2cc(Cc3cccc4cc(Cl)cnc34)ccc2F)C[C@@H](C(F)(F)F)O1. The number of pyridine rings is 1. The van der Waals surface area contributed by atoms with Crippen molar-refractivity contribution in [3.05, 3.63) is 76.2 Å². The first-order valence-corrected chi connectivity index (χ1v) is 9.96. The number of halogens is 6. The zero-order valence-corrected chi connectivity index (χ0v) is 17.2. The lowest BCUT2D eigenvalue weighted by Crippen LogP contribution is -2.48. The number of hydrogen-bond donors (Lipinski definition) is 1. The van der Waals surface area contributed by atoms with Crippen LogP contribution in [0.4, 0.5) is 22.0 Å². The fourth-order valence-corrected chi connectivity index (χ4v) is 4.05. The summed E-state index contributed by atoms with van der Waals surface area (Å²) in [4.78, 5) is 8.10. The first kappa shape index (κ1) is 22.3. The maximum atomic E-state index is 14.7. The summed E-state index contributed by atoms with van der Waals surface area (Å²) in [5.41, 5.74) is 4.96. The Hall–Kier alpha value is -2.94. The lowest BCUT2D eigenvalue weighted by Gasteiger charge is -2.36. The van der Waals surface area contributed by atoms with E-state index >= 15 is 0 Å². The smallest absolute Gasteiger partial charge is 0.425 e. The minimum Gasteiger partial charge on any atom is -0.452 e. The Morgan fingerprint density at radius 1 is 1.19 bits per heavy atom. The van der Waals surface area contributed by atoms with Gasteiger partial charge in [0.15, 0.2) is 6.10 Å². The van der Waals surface area contributed by atoms with Crippen molar-refractivity contribution in [1.82, 2.24) is 4.98 Å². The van der Waals surface area contributed by atoms with E-state index in [0.717, 1.165) is 17.0 Å². The molecule has 0 spiro atoms. The maximum Gasteiger partial charge on any atom is 0.425 e. The summed E-state index contributed by atoms with van der Waals surface area (Å²) in [6.45, 7) is -1.38. The van der Waals surface area contributed by atoms with Gasteiger partial charge in [-0.2, -0.15) is 13.2 Å². The fourth-order valence-electron chi connectivity index (χ4n) is 3.88. The van der Waals surface area contributed by atoms with E-state index < -0.39 is 42.8 Å². The van der Waals surface area contributed by atoms with E-state index in [2.05, 4.69) is 14.7 Å². The Labute approximate surface area is 184 Å². The van der Waals surface area contributed by atoms with Crippen LogP contribution in [0.1, 0.15) is 23.1 Å². The lowest BCUT2D eigenvalue weighted by molar-refractivity contribution is -0.209. The highest BCUT2D eigenvalue weighted by Gasteiger charge is 2.52. The van der Waals surface area contributed by atoms with Crippen LogP contribution in [-0.2, 0) is 16.7 Å². The molecule has 0 bridgehead atoms. The molecular weight excluding hydrogens is 453 g/mol. The highest BCUT2D eigenvalue weighted by molar-refractivity contribution is 6.31. The van der Waals surface area contributed by atoms with E-state index in [0.29, 0.717) is 16.1 Å². The number of amidine groups is 1. The van der Waals surface area contributed by atoms with E-state index in [1.54, 1.807) is 12.1 Å². The molecule has 0 radical (unpaired) electrons. The van der Waals surface area contributed by atoms with Gasteiger partial charge in [0.2, 0.25) is 0 Å². The molecule has 0 amide bonds. The third-order valence-corrected chi connectivity index (χ3v) is 5.59. The van der Waals surface area contributed by atoms with Gasteiger partial charge in [-0.05, 0) is 35.7 Å². The highest BCUT2D eigenvalue weighted by Crippen LogP contribution is 2.42. The van der Waals surface area contributed by atoms with Gasteiger partial charge in [-0.3, -0.25) is 4.98 Å². The van der Waals surface area contributed by atoms with Crippen LogP contribution in [0, 0.1) is 5.82 Å². The van der Waals surface area contributed by atoms with Crippen molar-refractivity contribution >= 4 is 28.5 Å². The van der Waals surface area contributed by atoms with Gasteiger partial charge in [0.25, 0.3) is 6.02 Å². The Morgan fingerprint density at radius 3 is 2.69 bits per heavy atom. The van der Waals surface area contributed by atoms with Crippen LogP contribution in [0.5, 0.6) is 0 Å². The lowest BCUT2D eigenvalue weighted by atomic mass is 9.83. The van der Waals surface area contributed by atoms with Crippen LogP contribution in [0.25, 0.3) is 10.9 Å². The minimum atomic E-state index is -4.81. The summed E-state index contributed by atoms with van der Waals surface area (Å²) < 4.78 is 73.3. The molecule has 2 atom stereocenters. The van der Waals surface area contributed by atoms with Crippen LogP contribution in [0.15, 0.2) is 53.7 Å². The zero-order valence-electron chi connectivity index (χ0n) is 16.5. The quantitative estimate of drug-likeness (QED) is 0.517. The molecule has 1 aliphatic heterocycles. The molecule has 32 heavy (non-hydrogen) atoms. The van der Waals surface area contributed by atoms with Crippen molar-refractivity contribution in [2.45, 2.75) is 30.7 Å². The molecule has 3 aromatic rings. The van der Waals surface area contributed by atoms with E-state index in [-0.39, 0.29) is 12.0 Å². The van der Waals surface area contributed by atoms with Crippen molar-refractivity contribution in [2.75, 3.05) is 6.67 Å². The number of aromatic nitrogens is 1. The molecule has 2 N–H and O–H groups in total. The molecule has 0 saturated heterocycles. The molecule has 0 unspecified atom stereocenters. The Balaban J connectivity index is 1.75. The number of para-hydroxylation sites is 1. The number of hydrogen-bond acceptors (Lipinski definition) is 4. The van der Waals surface area contributed by atoms with E-state index in [1.165, 1.54) is 18.3 Å². The molecule has 0 fully saturated rings. The summed E-state index contributed by atoms with van der Waals surface area (Å²) in [6, 6.07) is 10.3. The van der Waals surface area contributed by atoms with Gasteiger partial charge in [-0.15, -0.1) is 0 Å². The number of nitrogens with zero attached hydrogens (tertiary/aromatic N) is 2. The summed E-state index contributed by atoms with van der Waals surface area (Å²) in [5, 5.41) is 1.27. The van der Waals surface area contributed by atoms with Gasteiger partial charge in [0.05, 0.1) is 10.5 Å². The van der Waals surface area contributed by atoms with Crippen molar-refractivity contribution in [3.63, 3.8) is 0 Å². The molecule has 4 rings (SSSR count). The Kier molecular flexibility index (Phi) is 5.70. The third-order valence-electron chi connectivity index (χ3n) is 5.38. The van der Waals surface area contributed by atoms with Crippen LogP contribution in [-0.4, -0.2) is 30.0 Å². The molecule has 2 aromatic carbocycles. The molecule has 168 valence electrons. The fraction of sp³-hybridized carbons (Fsp3) is 0.273. The second-order valence-corrected chi connectivity index (χ2v) is 8.04. The molecule has 4 nitrogen and oxygen atoms in total. The third kappa shape index (κ3) is 4.21. The van der Waals surface area contributed by atoms with Gasteiger partial charge in [0, 0.05) is 23.6 Å². The topological polar surface area (TPSA) is 60.5 Å². The van der Waals surface area contributed by atoms with Crippen LogP contribution >= 0.6 is 11.6 Å². The molecule has 0 saturated carbocycles. The molecule has 10 heteroatoms. The number of fused-ring (bicyclic) bond motifs is 1. The van der Waals surface area contributed by atoms with Crippen LogP contribution < -0.4 is 5.73 Å². The average Bonchev–Trinajstić information content (AvgIpc) is 2.74. The largest absolute Gasteiger partial charge is 0.452 e. The second-order valence-electron chi connectivity index (χ2n) is 7.60. The first-order chi connectivity index (χ1) is 15.1. The second kappa shape index (κ2) is 8.20. The Morgan fingerprint density at radius 2 is 1.97 bits per heavy atom. The minimum absolute atomic E-state index is 0.278. The van der Waals surface area contributed by atoms with Crippen LogP contribution in [0.2, 0.25) is 5.02 Å². The maximum absolute atomic E-state index is 14.7. The van der Waals surface area contributed by atoms with Gasteiger partial charge in [-0.25, -0.2) is 13.8 Å². The van der Waals surface area contributed by atoms with Crippen molar-refractivity contribution < 1.29 is 26.7 Å². The molecule has 0 aliphatic carbocycles. The van der Waals surface area contributed by atoms with Gasteiger partial charge < -0.3 is 10.5 Å². The number of ether oxygens (including phenoxy) is 1. The van der Waals surface area contributed by atoms with E-state index in [4.69, 9.17) is 17.3 Å². The normalized spacial score (nSPS) is 21.3. The van der Waals surface area contributed by atoms with Crippen LogP contribution in [0.3, 0.4) is 0 Å². The van der Waals surface area contributed by atoms with E-state index in [9.17, 15) is 22.0 Å². The Bertz CT molecular complexity index is 1200. The standard InChI is InChI=1S/C22H17ClF5N3O/c23-15-8-14-3-1-2-13(19(14)30-10-15)6-12-4-5-17(25)16(7-12)21(11-24)9-18(22(26,27)28)32-20(29)31-21/h1-5,7-8,10,18H,6,9,11H2,(H2,29,31)/t18-,21+/m0/s1. The van der Waals surface area contributed by atoms with Gasteiger partial charge in [-0.1, -0.05) is 35.9 Å². The van der Waals surface area contributed by atoms with E-state index in [1.807, 2.05) is 12.1 Å². The summed E-state index contributed by atoms with van der Waals surface area (Å²) in [5.74, 6) is -0.881. The number of nitrogens with two attached hydrogens (primary N) is 1. The van der Waals surface area contributed by atoms with Gasteiger partial charge in [0.1, 0.15) is 18.0 Å². The van der Waals surface area contributed by atoms with Crippen molar-refractivity contribution in [2.24, 2.45) is 10.7 Å². The predicted octanol–water partition coefficient (Wildman–Crippen LogP) is 5.45. The summed E-state index contributed by atoms with van der Waals surface area (Å²) in [7, 11) is 0. The van der Waals surface area contributed by atoms with Crippen molar-refractivity contribution in [3.8, 4) is 0 Å². The number of rotatable bonds is 4. The number of alkyl halides is 4. The molecule has 1 aromatic heterocycles. The predicted molar refractivity (Wildman–Crippen MR) is 111 cm³/mol. The molecular formula is C22H17ClF5N3O. The average molecular weight is 470 g/mol. The zero-order chi connectivity index (χ0) is 23.1. The number of benzene rings is 2. The summed E-state index contributed by atoms with van der Waals surface area (Å²) >= 11 is 5.99.